The Morgan fingerprint density at radius 2 is 1.88 bits per heavy atom. The summed E-state index contributed by atoms with van der Waals surface area (Å²) < 4.78 is 4.97. The fraction of sp³-hybridized carbons (Fsp3) is 0.619. The van der Waals surface area contributed by atoms with Crippen LogP contribution in [0.2, 0.25) is 0 Å². The molecule has 2 aliphatic rings. The van der Waals surface area contributed by atoms with Gasteiger partial charge in [-0.2, -0.15) is 0 Å². The van der Waals surface area contributed by atoms with Gasteiger partial charge in [0.1, 0.15) is 0 Å². The maximum atomic E-state index is 12.6. The van der Waals surface area contributed by atoms with Gasteiger partial charge in [-0.3, -0.25) is 9.59 Å². The van der Waals surface area contributed by atoms with Gasteiger partial charge in [-0.05, 0) is 43.6 Å². The summed E-state index contributed by atoms with van der Waals surface area (Å²) in [5, 5.41) is 2.91. The van der Waals surface area contributed by atoms with E-state index in [-0.39, 0.29) is 23.7 Å². The molecule has 1 aliphatic carbocycles. The van der Waals surface area contributed by atoms with Crippen molar-refractivity contribution < 1.29 is 14.3 Å². The zero-order chi connectivity index (χ0) is 18.4. The van der Waals surface area contributed by atoms with E-state index in [2.05, 4.69) is 29.6 Å². The Hall–Kier alpha value is -1.88. The molecule has 5 nitrogen and oxygen atoms in total. The molecular formula is C21H30N2O3. The Morgan fingerprint density at radius 3 is 2.58 bits per heavy atom. The Morgan fingerprint density at radius 1 is 1.15 bits per heavy atom. The number of carbonyl (C=O) groups is 2. The van der Waals surface area contributed by atoms with Crippen LogP contribution in [-0.4, -0.2) is 50.1 Å². The van der Waals surface area contributed by atoms with Crippen molar-refractivity contribution in [1.82, 2.24) is 10.2 Å². The molecule has 1 saturated heterocycles. The Kier molecular flexibility index (Phi) is 6.67. The highest BCUT2D eigenvalue weighted by molar-refractivity contribution is 5.92. The lowest BCUT2D eigenvalue weighted by molar-refractivity contribution is -0.136. The van der Waals surface area contributed by atoms with Crippen LogP contribution in [0.15, 0.2) is 30.3 Å². The second-order valence-electron chi connectivity index (χ2n) is 7.54. The number of nitrogens with one attached hydrogen (secondary N) is 1. The first-order chi connectivity index (χ1) is 12.7. The molecule has 26 heavy (non-hydrogen) atoms. The van der Waals surface area contributed by atoms with E-state index < -0.39 is 0 Å². The van der Waals surface area contributed by atoms with Crippen molar-refractivity contribution in [2.45, 2.75) is 32.1 Å². The minimum atomic E-state index is -0.118. The van der Waals surface area contributed by atoms with Gasteiger partial charge >= 0.3 is 0 Å². The van der Waals surface area contributed by atoms with Gasteiger partial charge in [-0.1, -0.05) is 30.3 Å². The van der Waals surface area contributed by atoms with Crippen molar-refractivity contribution >= 4 is 11.8 Å². The molecule has 1 saturated carbocycles. The summed E-state index contributed by atoms with van der Waals surface area (Å²) in [7, 11) is 1.65. The van der Waals surface area contributed by atoms with E-state index in [9.17, 15) is 9.59 Å². The van der Waals surface area contributed by atoms with E-state index in [0.717, 1.165) is 38.8 Å². The predicted octanol–water partition coefficient (Wildman–Crippen LogP) is 2.26. The summed E-state index contributed by atoms with van der Waals surface area (Å²) in [5.74, 6) is 0.648. The second kappa shape index (κ2) is 9.17. The number of rotatable bonds is 8. The summed E-state index contributed by atoms with van der Waals surface area (Å²) in [6, 6.07) is 10.6. The topological polar surface area (TPSA) is 58.6 Å². The average molecular weight is 358 g/mol. The molecule has 1 heterocycles. The molecule has 1 aromatic rings. The van der Waals surface area contributed by atoms with E-state index >= 15 is 0 Å². The Labute approximate surface area is 156 Å². The van der Waals surface area contributed by atoms with Gasteiger partial charge in [-0.15, -0.1) is 0 Å². The number of methoxy groups -OCH3 is 1. The second-order valence-corrected chi connectivity index (χ2v) is 7.54. The molecule has 2 atom stereocenters. The Bertz CT molecular complexity index is 597. The van der Waals surface area contributed by atoms with Gasteiger partial charge in [0, 0.05) is 33.4 Å². The summed E-state index contributed by atoms with van der Waals surface area (Å²) >= 11 is 0. The molecule has 0 aromatic heterocycles. The standard InChI is InChI=1S/C21H30N2O3/c1-26-13-5-10-22-20(24)18-15-19(18)21(25)23-11-8-17(9-12-23)14-16-6-3-2-4-7-16/h2-4,6-7,17-19H,5,8-15H2,1H3,(H,22,24). The van der Waals surface area contributed by atoms with E-state index in [4.69, 9.17) is 4.74 Å². The van der Waals surface area contributed by atoms with Crippen LogP contribution >= 0.6 is 0 Å². The van der Waals surface area contributed by atoms with Crippen LogP contribution in [0.4, 0.5) is 0 Å². The Balaban J connectivity index is 1.37. The number of carbonyl (C=O) groups excluding carboxylic acids is 2. The van der Waals surface area contributed by atoms with Gasteiger partial charge < -0.3 is 15.0 Å². The monoisotopic (exact) mass is 358 g/mol. The van der Waals surface area contributed by atoms with E-state index in [1.807, 2.05) is 11.0 Å². The minimum absolute atomic E-state index is 0.0263. The van der Waals surface area contributed by atoms with Crippen molar-refractivity contribution in [3.63, 3.8) is 0 Å². The maximum absolute atomic E-state index is 12.6. The highest BCUT2D eigenvalue weighted by Gasteiger charge is 2.49. The molecule has 0 spiro atoms. The summed E-state index contributed by atoms with van der Waals surface area (Å²) in [5.41, 5.74) is 1.38. The lowest BCUT2D eigenvalue weighted by Crippen LogP contribution is -2.40. The molecular weight excluding hydrogens is 328 g/mol. The lowest BCUT2D eigenvalue weighted by Gasteiger charge is -2.32. The normalized spacial score (nSPS) is 22.9. The highest BCUT2D eigenvalue weighted by atomic mass is 16.5. The van der Waals surface area contributed by atoms with E-state index in [1.165, 1.54) is 5.56 Å². The number of likely N-dealkylation sites (tertiary alicyclic amines) is 1. The van der Waals surface area contributed by atoms with Gasteiger partial charge in [0.15, 0.2) is 0 Å². The molecule has 0 bridgehead atoms. The third kappa shape index (κ3) is 5.07. The van der Waals surface area contributed by atoms with Crippen molar-refractivity contribution in [2.75, 3.05) is 33.4 Å². The number of piperidine rings is 1. The van der Waals surface area contributed by atoms with Crippen LogP contribution in [0.5, 0.6) is 0 Å². The third-order valence-electron chi connectivity index (χ3n) is 5.56. The zero-order valence-electron chi connectivity index (χ0n) is 15.7. The first-order valence-corrected chi connectivity index (χ1v) is 9.78. The lowest BCUT2D eigenvalue weighted by atomic mass is 9.90. The molecule has 2 fully saturated rings. The predicted molar refractivity (Wildman–Crippen MR) is 101 cm³/mol. The number of nitrogens with zero attached hydrogens (tertiary/aromatic N) is 1. The highest BCUT2D eigenvalue weighted by Crippen LogP contribution is 2.40. The number of benzene rings is 1. The van der Waals surface area contributed by atoms with Crippen molar-refractivity contribution in [1.29, 1.82) is 0 Å². The van der Waals surface area contributed by atoms with Crippen molar-refractivity contribution in [3.05, 3.63) is 35.9 Å². The molecule has 5 heteroatoms. The van der Waals surface area contributed by atoms with Gasteiger partial charge in [0.2, 0.25) is 11.8 Å². The summed E-state index contributed by atoms with van der Waals surface area (Å²) in [6.45, 7) is 2.92. The number of hydrogen-bond acceptors (Lipinski definition) is 3. The number of ether oxygens (including phenoxy) is 1. The minimum Gasteiger partial charge on any atom is -0.385 e. The summed E-state index contributed by atoms with van der Waals surface area (Å²) in [6.07, 6.45) is 4.72. The molecule has 1 N–H and O–H groups in total. The van der Waals surface area contributed by atoms with Crippen LogP contribution in [0.25, 0.3) is 0 Å². The smallest absolute Gasteiger partial charge is 0.226 e. The van der Waals surface area contributed by atoms with Crippen LogP contribution in [0.1, 0.15) is 31.2 Å². The first kappa shape index (κ1) is 18.9. The molecule has 2 unspecified atom stereocenters. The fourth-order valence-corrected chi connectivity index (χ4v) is 3.86. The van der Waals surface area contributed by atoms with Crippen LogP contribution in [-0.2, 0) is 20.7 Å². The van der Waals surface area contributed by atoms with Crippen molar-refractivity contribution in [2.24, 2.45) is 17.8 Å². The zero-order valence-corrected chi connectivity index (χ0v) is 15.7. The van der Waals surface area contributed by atoms with Gasteiger partial charge in [0.05, 0.1) is 11.8 Å². The van der Waals surface area contributed by atoms with Crippen LogP contribution in [0.3, 0.4) is 0 Å². The number of amides is 2. The van der Waals surface area contributed by atoms with E-state index in [0.29, 0.717) is 25.5 Å². The molecule has 1 aliphatic heterocycles. The van der Waals surface area contributed by atoms with Gasteiger partial charge in [-0.25, -0.2) is 0 Å². The van der Waals surface area contributed by atoms with Crippen molar-refractivity contribution in [3.8, 4) is 0 Å². The third-order valence-corrected chi connectivity index (χ3v) is 5.56. The fourth-order valence-electron chi connectivity index (χ4n) is 3.86. The van der Waals surface area contributed by atoms with Crippen LogP contribution in [0, 0.1) is 17.8 Å². The van der Waals surface area contributed by atoms with Crippen LogP contribution < -0.4 is 5.32 Å². The molecule has 2 amide bonds. The molecule has 142 valence electrons. The quantitative estimate of drug-likeness (QED) is 0.725. The number of hydrogen-bond donors (Lipinski definition) is 1. The maximum Gasteiger partial charge on any atom is 0.226 e. The largest absolute Gasteiger partial charge is 0.385 e. The summed E-state index contributed by atoms with van der Waals surface area (Å²) in [4.78, 5) is 26.7. The molecule has 3 rings (SSSR count). The van der Waals surface area contributed by atoms with E-state index in [1.54, 1.807) is 7.11 Å². The average Bonchev–Trinajstić information content (AvgIpc) is 3.47. The van der Waals surface area contributed by atoms with Gasteiger partial charge in [0.25, 0.3) is 0 Å². The molecule has 1 aromatic carbocycles. The first-order valence-electron chi connectivity index (χ1n) is 9.78. The SMILES string of the molecule is COCCCNC(=O)C1CC1C(=O)N1CCC(Cc2ccccc2)CC1. The molecule has 0 radical (unpaired) electrons.